The van der Waals surface area contributed by atoms with Crippen LogP contribution >= 0.6 is 0 Å². The standard InChI is InChI=1S/C52H35N5/c1-34-14-11-17-36(30-34)37-18-12-19-38(31-37)51-53-50(35-15-3-2-4-16-35)54-52(55-51)39-20-13-21-40(32-39)56-48-27-10-7-24-44(48)45-33-41(28-29-49(45)56)57-46-25-8-5-22-42(46)43-23-6-9-26-47(43)57/h2-33H,1H3. The third-order valence-corrected chi connectivity index (χ3v) is 11.0. The number of benzene rings is 8. The molecule has 0 aliphatic carbocycles. The third kappa shape index (κ3) is 5.59. The summed E-state index contributed by atoms with van der Waals surface area (Å²) in [5, 5.41) is 4.90. The first-order valence-electron chi connectivity index (χ1n) is 19.3. The first kappa shape index (κ1) is 32.8. The summed E-state index contributed by atoms with van der Waals surface area (Å²) >= 11 is 0. The van der Waals surface area contributed by atoms with Gasteiger partial charge >= 0.3 is 0 Å². The van der Waals surface area contributed by atoms with Gasteiger partial charge in [-0.15, -0.1) is 0 Å². The van der Waals surface area contributed by atoms with Gasteiger partial charge in [-0.2, -0.15) is 0 Å². The fourth-order valence-electron chi connectivity index (χ4n) is 8.38. The Morgan fingerprint density at radius 3 is 1.37 bits per heavy atom. The molecule has 0 saturated heterocycles. The molecular formula is C52H35N5. The van der Waals surface area contributed by atoms with E-state index < -0.39 is 0 Å². The van der Waals surface area contributed by atoms with Gasteiger partial charge in [-0.3, -0.25) is 0 Å². The van der Waals surface area contributed by atoms with E-state index in [1.165, 1.54) is 38.1 Å². The van der Waals surface area contributed by atoms with Gasteiger partial charge in [0.15, 0.2) is 17.5 Å². The lowest BCUT2D eigenvalue weighted by Crippen LogP contribution is -2.01. The SMILES string of the molecule is Cc1cccc(-c2cccc(-c3nc(-c4ccccc4)nc(-c4cccc(-n5c6ccccc6c6cc(-n7c8ccccc8c8ccccc87)ccc65)c4)n3)c2)c1. The quantitative estimate of drug-likeness (QED) is 0.171. The Hall–Kier alpha value is -7.63. The van der Waals surface area contributed by atoms with Crippen LogP contribution in [0.15, 0.2) is 194 Å². The molecule has 0 N–H and O–H groups in total. The molecule has 5 heteroatoms. The highest BCUT2D eigenvalue weighted by atomic mass is 15.0. The average molecular weight is 730 g/mol. The van der Waals surface area contributed by atoms with Crippen LogP contribution in [0.3, 0.4) is 0 Å². The highest BCUT2D eigenvalue weighted by Crippen LogP contribution is 2.38. The molecule has 0 bridgehead atoms. The van der Waals surface area contributed by atoms with Crippen LogP contribution < -0.4 is 0 Å². The van der Waals surface area contributed by atoms with E-state index in [0.717, 1.165) is 50.2 Å². The molecule has 0 aliphatic heterocycles. The molecule has 0 spiro atoms. The molecule has 3 aromatic heterocycles. The number of aryl methyl sites for hydroxylation is 1. The van der Waals surface area contributed by atoms with Crippen molar-refractivity contribution < 1.29 is 0 Å². The van der Waals surface area contributed by atoms with Gasteiger partial charge < -0.3 is 9.13 Å². The molecule has 3 heterocycles. The minimum atomic E-state index is 0.621. The van der Waals surface area contributed by atoms with E-state index in [2.05, 4.69) is 180 Å². The molecule has 0 unspecified atom stereocenters. The van der Waals surface area contributed by atoms with Crippen molar-refractivity contribution in [3.05, 3.63) is 200 Å². The molecule has 268 valence electrons. The summed E-state index contributed by atoms with van der Waals surface area (Å²) in [5.41, 5.74) is 13.1. The summed E-state index contributed by atoms with van der Waals surface area (Å²) < 4.78 is 4.74. The van der Waals surface area contributed by atoms with Gasteiger partial charge in [0, 0.05) is 49.6 Å². The van der Waals surface area contributed by atoms with Crippen LogP contribution in [-0.2, 0) is 0 Å². The summed E-state index contributed by atoms with van der Waals surface area (Å²) in [6.45, 7) is 2.12. The molecule has 0 amide bonds. The second-order valence-electron chi connectivity index (χ2n) is 14.6. The zero-order valence-corrected chi connectivity index (χ0v) is 31.2. The number of fused-ring (bicyclic) bond motifs is 6. The van der Waals surface area contributed by atoms with Crippen molar-refractivity contribution in [2.75, 3.05) is 0 Å². The van der Waals surface area contributed by atoms with E-state index in [4.69, 9.17) is 15.0 Å². The molecule has 57 heavy (non-hydrogen) atoms. The van der Waals surface area contributed by atoms with Gasteiger partial charge in [0.1, 0.15) is 0 Å². The molecule has 0 fully saturated rings. The lowest BCUT2D eigenvalue weighted by molar-refractivity contribution is 1.07. The summed E-state index contributed by atoms with van der Waals surface area (Å²) in [4.78, 5) is 15.3. The molecule has 11 rings (SSSR count). The van der Waals surface area contributed by atoms with Gasteiger partial charge in [-0.1, -0.05) is 145 Å². The summed E-state index contributed by atoms with van der Waals surface area (Å²) in [6, 6.07) is 68.6. The number of rotatable bonds is 6. The minimum absolute atomic E-state index is 0.621. The molecule has 8 aromatic carbocycles. The van der Waals surface area contributed by atoms with Crippen molar-refractivity contribution >= 4 is 43.6 Å². The second kappa shape index (κ2) is 13.3. The van der Waals surface area contributed by atoms with E-state index >= 15 is 0 Å². The average Bonchev–Trinajstić information content (AvgIpc) is 3.79. The molecule has 0 radical (unpaired) electrons. The first-order chi connectivity index (χ1) is 28.2. The summed E-state index contributed by atoms with van der Waals surface area (Å²) in [5.74, 6) is 1.89. The number of hydrogen-bond donors (Lipinski definition) is 0. The van der Waals surface area contributed by atoms with Crippen molar-refractivity contribution in [3.8, 4) is 56.7 Å². The predicted molar refractivity (Wildman–Crippen MR) is 235 cm³/mol. The maximum absolute atomic E-state index is 5.15. The first-order valence-corrected chi connectivity index (χ1v) is 19.3. The van der Waals surface area contributed by atoms with Crippen molar-refractivity contribution in [2.24, 2.45) is 0 Å². The topological polar surface area (TPSA) is 48.5 Å². The zero-order valence-electron chi connectivity index (χ0n) is 31.2. The van der Waals surface area contributed by atoms with Crippen LogP contribution in [0.25, 0.3) is 100 Å². The van der Waals surface area contributed by atoms with Gasteiger partial charge in [-0.05, 0) is 72.6 Å². The number of para-hydroxylation sites is 3. The maximum Gasteiger partial charge on any atom is 0.164 e. The normalized spacial score (nSPS) is 11.6. The monoisotopic (exact) mass is 729 g/mol. The Morgan fingerprint density at radius 1 is 0.298 bits per heavy atom. The Kier molecular flexibility index (Phi) is 7.64. The Bertz CT molecular complexity index is 3260. The summed E-state index contributed by atoms with van der Waals surface area (Å²) in [7, 11) is 0. The van der Waals surface area contributed by atoms with Crippen LogP contribution in [0.1, 0.15) is 5.56 Å². The fourth-order valence-corrected chi connectivity index (χ4v) is 8.38. The maximum atomic E-state index is 5.15. The van der Waals surface area contributed by atoms with Crippen LogP contribution in [-0.4, -0.2) is 24.1 Å². The van der Waals surface area contributed by atoms with Gasteiger partial charge in [0.05, 0.1) is 22.1 Å². The van der Waals surface area contributed by atoms with Gasteiger partial charge in [-0.25, -0.2) is 15.0 Å². The fraction of sp³-hybridized carbons (Fsp3) is 0.0192. The molecule has 5 nitrogen and oxygen atoms in total. The van der Waals surface area contributed by atoms with Gasteiger partial charge in [0.25, 0.3) is 0 Å². The number of hydrogen-bond acceptors (Lipinski definition) is 3. The van der Waals surface area contributed by atoms with E-state index in [1.54, 1.807) is 0 Å². The number of aromatic nitrogens is 5. The van der Waals surface area contributed by atoms with Crippen molar-refractivity contribution in [1.82, 2.24) is 24.1 Å². The van der Waals surface area contributed by atoms with E-state index in [9.17, 15) is 0 Å². The number of nitrogens with zero attached hydrogens (tertiary/aromatic N) is 5. The lowest BCUT2D eigenvalue weighted by Gasteiger charge is -2.12. The van der Waals surface area contributed by atoms with E-state index in [-0.39, 0.29) is 0 Å². The van der Waals surface area contributed by atoms with Crippen molar-refractivity contribution in [1.29, 1.82) is 0 Å². The zero-order chi connectivity index (χ0) is 37.9. The molecule has 11 aromatic rings. The van der Waals surface area contributed by atoms with Crippen LogP contribution in [0.5, 0.6) is 0 Å². The minimum Gasteiger partial charge on any atom is -0.309 e. The highest BCUT2D eigenvalue weighted by molar-refractivity contribution is 6.12. The van der Waals surface area contributed by atoms with Crippen molar-refractivity contribution in [3.63, 3.8) is 0 Å². The molecular weight excluding hydrogens is 695 g/mol. The van der Waals surface area contributed by atoms with Crippen LogP contribution in [0.4, 0.5) is 0 Å². The molecule has 0 aliphatic rings. The van der Waals surface area contributed by atoms with Crippen LogP contribution in [0.2, 0.25) is 0 Å². The predicted octanol–water partition coefficient (Wildman–Crippen LogP) is 13.0. The lowest BCUT2D eigenvalue weighted by atomic mass is 10.0. The third-order valence-electron chi connectivity index (χ3n) is 11.0. The highest BCUT2D eigenvalue weighted by Gasteiger charge is 2.18. The van der Waals surface area contributed by atoms with Crippen molar-refractivity contribution in [2.45, 2.75) is 6.92 Å². The Labute approximate surface area is 329 Å². The second-order valence-corrected chi connectivity index (χ2v) is 14.6. The van der Waals surface area contributed by atoms with Crippen LogP contribution in [0, 0.1) is 6.92 Å². The van der Waals surface area contributed by atoms with Gasteiger partial charge in [0.2, 0.25) is 0 Å². The summed E-state index contributed by atoms with van der Waals surface area (Å²) in [6.07, 6.45) is 0. The largest absolute Gasteiger partial charge is 0.309 e. The molecule has 0 saturated carbocycles. The van der Waals surface area contributed by atoms with E-state index in [1.807, 2.05) is 30.3 Å². The Morgan fingerprint density at radius 2 is 0.737 bits per heavy atom. The smallest absolute Gasteiger partial charge is 0.164 e. The molecule has 0 atom stereocenters. The van der Waals surface area contributed by atoms with E-state index in [0.29, 0.717) is 17.5 Å². The Balaban J connectivity index is 1.07.